The fraction of sp³-hybridized carbons (Fsp3) is 0.185. The zero-order valence-corrected chi connectivity index (χ0v) is 18.9. The molecule has 1 aliphatic heterocycles. The summed E-state index contributed by atoms with van der Waals surface area (Å²) >= 11 is 0. The Morgan fingerprint density at radius 3 is 2.29 bits per heavy atom. The zero-order valence-electron chi connectivity index (χ0n) is 18.9. The maximum absolute atomic E-state index is 14.0. The van der Waals surface area contributed by atoms with E-state index in [9.17, 15) is 23.5 Å². The molecular weight excluding hydrogens is 440 g/mol. The lowest BCUT2D eigenvalue weighted by Crippen LogP contribution is -2.29. The molecule has 4 rings (SSSR count). The summed E-state index contributed by atoms with van der Waals surface area (Å²) in [4.78, 5) is 27.3. The van der Waals surface area contributed by atoms with E-state index in [1.807, 2.05) is 26.8 Å². The van der Waals surface area contributed by atoms with E-state index in [2.05, 4.69) is 0 Å². The van der Waals surface area contributed by atoms with Crippen LogP contribution in [0.25, 0.3) is 5.76 Å². The molecule has 1 saturated heterocycles. The molecule has 0 aliphatic carbocycles. The third-order valence-corrected chi connectivity index (χ3v) is 5.48. The molecule has 0 bridgehead atoms. The average molecular weight is 463 g/mol. The Hall–Kier alpha value is -4.00. The van der Waals surface area contributed by atoms with E-state index in [0.717, 1.165) is 22.6 Å². The summed E-state index contributed by atoms with van der Waals surface area (Å²) in [6.45, 7) is 5.62. The van der Waals surface area contributed by atoms with Gasteiger partial charge in [0.25, 0.3) is 11.7 Å². The summed E-state index contributed by atoms with van der Waals surface area (Å²) in [5.41, 5.74) is 1.59. The minimum atomic E-state index is -1.15. The van der Waals surface area contributed by atoms with Crippen LogP contribution in [0.5, 0.6) is 5.75 Å². The largest absolute Gasteiger partial charge is 0.507 e. The van der Waals surface area contributed by atoms with E-state index < -0.39 is 29.4 Å². The van der Waals surface area contributed by atoms with Crippen molar-refractivity contribution in [2.75, 3.05) is 4.90 Å². The van der Waals surface area contributed by atoms with Crippen LogP contribution in [0.2, 0.25) is 0 Å². The highest BCUT2D eigenvalue weighted by molar-refractivity contribution is 6.51. The van der Waals surface area contributed by atoms with Crippen LogP contribution in [0.1, 0.15) is 36.6 Å². The van der Waals surface area contributed by atoms with Crippen molar-refractivity contribution in [2.45, 2.75) is 32.9 Å². The first-order valence-corrected chi connectivity index (χ1v) is 10.8. The van der Waals surface area contributed by atoms with Crippen molar-refractivity contribution in [1.82, 2.24) is 0 Å². The van der Waals surface area contributed by atoms with Crippen molar-refractivity contribution in [1.29, 1.82) is 0 Å². The number of Topliss-reactive ketones (excluding diaryl/α,β-unsaturated/α-hetero) is 1. The molecule has 1 heterocycles. The molecule has 1 unspecified atom stereocenters. The van der Waals surface area contributed by atoms with Crippen molar-refractivity contribution in [3.8, 4) is 5.75 Å². The van der Waals surface area contributed by atoms with Gasteiger partial charge in [0.05, 0.1) is 17.7 Å². The summed E-state index contributed by atoms with van der Waals surface area (Å²) in [5, 5.41) is 11.2. The van der Waals surface area contributed by atoms with Gasteiger partial charge in [0.15, 0.2) is 11.6 Å². The number of amides is 1. The Balaban J connectivity index is 1.88. The quantitative estimate of drug-likeness (QED) is 0.300. The molecule has 0 saturated carbocycles. The number of hydrogen-bond acceptors (Lipinski definition) is 4. The van der Waals surface area contributed by atoms with Gasteiger partial charge in [-0.15, -0.1) is 0 Å². The van der Waals surface area contributed by atoms with Gasteiger partial charge in [-0.3, -0.25) is 14.5 Å². The molecule has 1 aliphatic rings. The highest BCUT2D eigenvalue weighted by Gasteiger charge is 2.47. The monoisotopic (exact) mass is 463 g/mol. The predicted molar refractivity (Wildman–Crippen MR) is 125 cm³/mol. The molecule has 1 amide bonds. The molecule has 0 aromatic heterocycles. The van der Waals surface area contributed by atoms with Crippen LogP contribution in [0.3, 0.4) is 0 Å². The number of aliphatic hydroxyl groups excluding tert-OH is 1. The van der Waals surface area contributed by atoms with Crippen molar-refractivity contribution in [3.05, 3.63) is 101 Å². The lowest BCUT2D eigenvalue weighted by atomic mass is 9.94. The van der Waals surface area contributed by atoms with Gasteiger partial charge in [-0.1, -0.05) is 29.8 Å². The minimum Gasteiger partial charge on any atom is -0.507 e. The summed E-state index contributed by atoms with van der Waals surface area (Å²) in [5.74, 6) is -3.87. The predicted octanol–water partition coefficient (Wildman–Crippen LogP) is 5.69. The van der Waals surface area contributed by atoms with Gasteiger partial charge >= 0.3 is 0 Å². The molecular formula is C27H23F2NO4. The van der Waals surface area contributed by atoms with Crippen LogP contribution < -0.4 is 9.64 Å². The standard InChI is InChI=1S/C27H23F2NO4/c1-15(2)34-20-10-7-17(8-11-20)25(31)23-24(18-6-4-5-16(3)13-18)30(27(33)26(23)32)19-9-12-21(28)22(29)14-19/h4-15,24,31H,1-3H3/b25-23+. The Kier molecular flexibility index (Phi) is 6.20. The molecule has 1 N–H and O–H groups in total. The smallest absolute Gasteiger partial charge is 0.300 e. The molecule has 7 heteroatoms. The molecule has 5 nitrogen and oxygen atoms in total. The maximum Gasteiger partial charge on any atom is 0.300 e. The third-order valence-electron chi connectivity index (χ3n) is 5.48. The average Bonchev–Trinajstić information content (AvgIpc) is 3.06. The number of nitrogens with zero attached hydrogens (tertiary/aromatic N) is 1. The van der Waals surface area contributed by atoms with E-state index >= 15 is 0 Å². The van der Waals surface area contributed by atoms with Crippen molar-refractivity contribution in [3.63, 3.8) is 0 Å². The number of hydrogen-bond donors (Lipinski definition) is 1. The van der Waals surface area contributed by atoms with Gasteiger partial charge in [0.1, 0.15) is 11.5 Å². The molecule has 3 aromatic rings. The van der Waals surface area contributed by atoms with Gasteiger partial charge < -0.3 is 9.84 Å². The van der Waals surface area contributed by atoms with Crippen molar-refractivity contribution in [2.24, 2.45) is 0 Å². The fourth-order valence-corrected chi connectivity index (χ4v) is 4.01. The third kappa shape index (κ3) is 4.29. The number of ketones is 1. The molecule has 1 atom stereocenters. The molecule has 3 aromatic carbocycles. The van der Waals surface area contributed by atoms with Gasteiger partial charge in [-0.2, -0.15) is 0 Å². The SMILES string of the molecule is Cc1cccc(C2/C(=C(\O)c3ccc(OC(C)C)cc3)C(=O)C(=O)N2c2ccc(F)c(F)c2)c1. The minimum absolute atomic E-state index is 0.00670. The van der Waals surface area contributed by atoms with Crippen LogP contribution in [0.15, 0.2) is 72.3 Å². The Morgan fingerprint density at radius 1 is 0.971 bits per heavy atom. The van der Waals surface area contributed by atoms with Gasteiger partial charge in [0, 0.05) is 17.3 Å². The lowest BCUT2D eigenvalue weighted by Gasteiger charge is -2.25. The number of aryl methyl sites for hydroxylation is 1. The van der Waals surface area contributed by atoms with E-state index in [4.69, 9.17) is 4.74 Å². The Labute approximate surface area is 195 Å². The second-order valence-electron chi connectivity index (χ2n) is 8.37. The first-order chi connectivity index (χ1) is 16.2. The number of aliphatic hydroxyl groups is 1. The fourth-order valence-electron chi connectivity index (χ4n) is 4.01. The van der Waals surface area contributed by atoms with Gasteiger partial charge in [0.2, 0.25) is 0 Å². The number of carbonyl (C=O) groups is 2. The molecule has 0 spiro atoms. The summed E-state index contributed by atoms with van der Waals surface area (Å²) < 4.78 is 33.2. The van der Waals surface area contributed by atoms with Gasteiger partial charge in [-0.05, 0) is 62.7 Å². The summed E-state index contributed by atoms with van der Waals surface area (Å²) in [7, 11) is 0. The normalized spacial score (nSPS) is 17.5. The summed E-state index contributed by atoms with van der Waals surface area (Å²) in [6, 6.07) is 15.5. The molecule has 34 heavy (non-hydrogen) atoms. The number of anilines is 1. The highest BCUT2D eigenvalue weighted by atomic mass is 19.2. The second kappa shape index (κ2) is 9.09. The van der Waals surface area contributed by atoms with E-state index in [0.29, 0.717) is 16.9 Å². The van der Waals surface area contributed by atoms with Crippen LogP contribution >= 0.6 is 0 Å². The van der Waals surface area contributed by atoms with E-state index in [-0.39, 0.29) is 23.1 Å². The first-order valence-electron chi connectivity index (χ1n) is 10.8. The van der Waals surface area contributed by atoms with Gasteiger partial charge in [-0.25, -0.2) is 8.78 Å². The van der Waals surface area contributed by atoms with E-state index in [1.165, 1.54) is 6.07 Å². The number of rotatable bonds is 5. The van der Waals surface area contributed by atoms with Crippen molar-refractivity contribution < 1.29 is 28.2 Å². The number of ether oxygens (including phenoxy) is 1. The topological polar surface area (TPSA) is 66.8 Å². The van der Waals surface area contributed by atoms with Crippen LogP contribution in [0, 0.1) is 18.6 Å². The van der Waals surface area contributed by atoms with Crippen LogP contribution in [-0.4, -0.2) is 22.9 Å². The van der Waals surface area contributed by atoms with Crippen LogP contribution in [0.4, 0.5) is 14.5 Å². The highest BCUT2D eigenvalue weighted by Crippen LogP contribution is 2.42. The van der Waals surface area contributed by atoms with Crippen molar-refractivity contribution >= 4 is 23.1 Å². The molecule has 1 fully saturated rings. The lowest BCUT2D eigenvalue weighted by molar-refractivity contribution is -0.132. The maximum atomic E-state index is 14.0. The Morgan fingerprint density at radius 2 is 1.68 bits per heavy atom. The van der Waals surface area contributed by atoms with E-state index in [1.54, 1.807) is 42.5 Å². The van der Waals surface area contributed by atoms with Crippen LogP contribution in [-0.2, 0) is 9.59 Å². The number of carbonyl (C=O) groups excluding carboxylic acids is 2. The summed E-state index contributed by atoms with van der Waals surface area (Å²) in [6.07, 6.45) is -0.0396. The number of benzene rings is 3. The molecule has 174 valence electrons. The number of halogens is 2. The second-order valence-corrected chi connectivity index (χ2v) is 8.37. The Bertz CT molecular complexity index is 1300. The zero-order chi connectivity index (χ0) is 24.6. The molecule has 0 radical (unpaired) electrons. The first kappa shape index (κ1) is 23.2.